The maximum Gasteiger partial charge on any atom is 0.451 e. The summed E-state index contributed by atoms with van der Waals surface area (Å²) in [4.78, 5) is 18.1. The number of nitrogens with one attached hydrogen (secondary N) is 2. The first-order chi connectivity index (χ1) is 8.97. The highest BCUT2D eigenvalue weighted by atomic mass is 19.4. The molecule has 5 nitrogen and oxygen atoms in total. The fourth-order valence-electron chi connectivity index (χ4n) is 1.81. The van der Waals surface area contributed by atoms with Crippen LogP contribution >= 0.6 is 0 Å². The molecule has 0 saturated carbocycles. The van der Waals surface area contributed by atoms with Gasteiger partial charge in [0.25, 0.3) is 0 Å². The Labute approximate surface area is 107 Å². The predicted molar refractivity (Wildman–Crippen MR) is 59.9 cm³/mol. The Morgan fingerprint density at radius 3 is 2.63 bits per heavy atom. The van der Waals surface area contributed by atoms with Crippen LogP contribution in [-0.2, 0) is 17.5 Å². The lowest BCUT2D eigenvalue weighted by Crippen LogP contribution is -2.40. The number of alkyl halides is 3. The van der Waals surface area contributed by atoms with E-state index in [9.17, 15) is 18.0 Å². The first kappa shape index (κ1) is 13.7. The number of rotatable bonds is 3. The van der Waals surface area contributed by atoms with Crippen LogP contribution in [0.2, 0.25) is 0 Å². The molecule has 1 atom stereocenters. The molecule has 0 radical (unpaired) electrons. The summed E-state index contributed by atoms with van der Waals surface area (Å²) < 4.78 is 36.7. The van der Waals surface area contributed by atoms with Crippen LogP contribution in [0.15, 0.2) is 12.4 Å². The third kappa shape index (κ3) is 3.63. The fourth-order valence-corrected chi connectivity index (χ4v) is 1.81. The van der Waals surface area contributed by atoms with Crippen molar-refractivity contribution >= 4 is 5.91 Å². The van der Waals surface area contributed by atoms with Gasteiger partial charge in [-0.15, -0.1) is 0 Å². The van der Waals surface area contributed by atoms with Gasteiger partial charge in [0.15, 0.2) is 0 Å². The van der Waals surface area contributed by atoms with Crippen LogP contribution < -0.4 is 10.6 Å². The lowest BCUT2D eigenvalue weighted by molar-refractivity contribution is -0.145. The number of carbonyl (C=O) groups is 1. The topological polar surface area (TPSA) is 66.9 Å². The summed E-state index contributed by atoms with van der Waals surface area (Å²) in [5.41, 5.74) is 0.430. The van der Waals surface area contributed by atoms with E-state index in [2.05, 4.69) is 20.6 Å². The summed E-state index contributed by atoms with van der Waals surface area (Å²) in [7, 11) is 0. The highest BCUT2D eigenvalue weighted by molar-refractivity contribution is 5.81. The van der Waals surface area contributed by atoms with Gasteiger partial charge in [0.1, 0.15) is 0 Å². The van der Waals surface area contributed by atoms with Crippen molar-refractivity contribution in [2.24, 2.45) is 0 Å². The van der Waals surface area contributed by atoms with E-state index >= 15 is 0 Å². The van der Waals surface area contributed by atoms with Gasteiger partial charge >= 0.3 is 6.18 Å². The van der Waals surface area contributed by atoms with E-state index in [0.29, 0.717) is 5.56 Å². The Kier molecular flexibility index (Phi) is 3.98. The molecule has 0 aliphatic carbocycles. The van der Waals surface area contributed by atoms with Crippen molar-refractivity contribution in [3.63, 3.8) is 0 Å². The SMILES string of the molecule is O=C(NCc1cnc(C(F)(F)F)nc1)[C@H]1CCCN1. The van der Waals surface area contributed by atoms with Gasteiger partial charge in [0, 0.05) is 24.5 Å². The summed E-state index contributed by atoms with van der Waals surface area (Å²) in [5, 5.41) is 5.67. The van der Waals surface area contributed by atoms with Crippen LogP contribution in [0.1, 0.15) is 24.2 Å². The van der Waals surface area contributed by atoms with E-state index in [1.54, 1.807) is 0 Å². The van der Waals surface area contributed by atoms with Crippen molar-refractivity contribution < 1.29 is 18.0 Å². The molecule has 0 bridgehead atoms. The van der Waals surface area contributed by atoms with E-state index in [4.69, 9.17) is 0 Å². The third-order valence-corrected chi connectivity index (χ3v) is 2.80. The summed E-state index contributed by atoms with van der Waals surface area (Å²) >= 11 is 0. The van der Waals surface area contributed by atoms with Crippen LogP contribution in [0.5, 0.6) is 0 Å². The van der Waals surface area contributed by atoms with Crippen molar-refractivity contribution in [3.05, 3.63) is 23.8 Å². The molecule has 2 N–H and O–H groups in total. The summed E-state index contributed by atoms with van der Waals surface area (Å²) in [6.07, 6.45) is -0.692. The second-order valence-corrected chi connectivity index (χ2v) is 4.28. The zero-order valence-electron chi connectivity index (χ0n) is 10.00. The van der Waals surface area contributed by atoms with Crippen LogP contribution in [0.4, 0.5) is 13.2 Å². The first-order valence-corrected chi connectivity index (χ1v) is 5.86. The van der Waals surface area contributed by atoms with Gasteiger partial charge in [-0.1, -0.05) is 0 Å². The number of carbonyl (C=O) groups excluding carboxylic acids is 1. The second-order valence-electron chi connectivity index (χ2n) is 4.28. The molecule has 0 aromatic carbocycles. The second kappa shape index (κ2) is 5.52. The Hall–Kier alpha value is -1.70. The molecule has 1 aromatic heterocycles. The number of hydrogen-bond donors (Lipinski definition) is 2. The minimum atomic E-state index is -4.55. The van der Waals surface area contributed by atoms with Gasteiger partial charge in [-0.2, -0.15) is 13.2 Å². The van der Waals surface area contributed by atoms with Crippen molar-refractivity contribution in [2.45, 2.75) is 31.6 Å². The number of hydrogen-bond acceptors (Lipinski definition) is 4. The molecule has 0 spiro atoms. The fraction of sp³-hybridized carbons (Fsp3) is 0.545. The molecule has 19 heavy (non-hydrogen) atoms. The van der Waals surface area contributed by atoms with Crippen molar-refractivity contribution in [2.75, 3.05) is 6.54 Å². The highest BCUT2D eigenvalue weighted by Crippen LogP contribution is 2.25. The molecule has 1 amide bonds. The van der Waals surface area contributed by atoms with Gasteiger partial charge in [0.05, 0.1) is 6.04 Å². The standard InChI is InChI=1S/C11H13F3N4O/c12-11(13,14)10-17-5-7(6-18-10)4-16-9(19)8-2-1-3-15-8/h5-6,8,15H,1-4H2,(H,16,19)/t8-/m1/s1. The first-order valence-electron chi connectivity index (χ1n) is 5.86. The number of halogens is 3. The van der Waals surface area contributed by atoms with Crippen LogP contribution in [0.3, 0.4) is 0 Å². The molecule has 8 heteroatoms. The summed E-state index contributed by atoms with van der Waals surface area (Å²) in [6.45, 7) is 0.927. The normalized spacial score (nSPS) is 19.4. The van der Waals surface area contributed by atoms with Crippen LogP contribution in [0, 0.1) is 0 Å². The maximum absolute atomic E-state index is 12.2. The van der Waals surface area contributed by atoms with Crippen LogP contribution in [-0.4, -0.2) is 28.5 Å². The van der Waals surface area contributed by atoms with Gasteiger partial charge in [-0.3, -0.25) is 4.79 Å². The zero-order chi connectivity index (χ0) is 13.9. The molecular weight excluding hydrogens is 261 g/mol. The molecule has 1 saturated heterocycles. The smallest absolute Gasteiger partial charge is 0.351 e. The van der Waals surface area contributed by atoms with Gasteiger partial charge in [-0.25, -0.2) is 9.97 Å². The Morgan fingerprint density at radius 2 is 2.11 bits per heavy atom. The minimum Gasteiger partial charge on any atom is -0.351 e. The average molecular weight is 274 g/mol. The predicted octanol–water partition coefficient (Wildman–Crippen LogP) is 0.864. The van der Waals surface area contributed by atoms with Gasteiger partial charge < -0.3 is 10.6 Å². The lowest BCUT2D eigenvalue weighted by Gasteiger charge is -2.11. The van der Waals surface area contributed by atoms with Crippen LogP contribution in [0.25, 0.3) is 0 Å². The summed E-state index contributed by atoms with van der Waals surface area (Å²) in [5.74, 6) is -1.34. The van der Waals surface area contributed by atoms with E-state index in [1.165, 1.54) is 0 Å². The maximum atomic E-state index is 12.2. The molecule has 2 rings (SSSR count). The Balaban J connectivity index is 1.87. The van der Waals surface area contributed by atoms with Gasteiger partial charge in [0.2, 0.25) is 11.7 Å². The van der Waals surface area contributed by atoms with Gasteiger partial charge in [-0.05, 0) is 19.4 Å². The molecule has 104 valence electrons. The molecule has 1 fully saturated rings. The molecule has 2 heterocycles. The molecule has 1 aliphatic heterocycles. The monoisotopic (exact) mass is 274 g/mol. The van der Waals surface area contributed by atoms with Crippen molar-refractivity contribution in [3.8, 4) is 0 Å². The number of aromatic nitrogens is 2. The molecule has 1 aromatic rings. The zero-order valence-corrected chi connectivity index (χ0v) is 10.00. The summed E-state index contributed by atoms with van der Waals surface area (Å²) in [6, 6.07) is -0.213. The average Bonchev–Trinajstić information content (AvgIpc) is 2.89. The van der Waals surface area contributed by atoms with Crippen molar-refractivity contribution in [1.29, 1.82) is 0 Å². The Morgan fingerprint density at radius 1 is 1.42 bits per heavy atom. The molecule has 1 aliphatic rings. The van der Waals surface area contributed by atoms with Crippen molar-refractivity contribution in [1.82, 2.24) is 20.6 Å². The number of nitrogens with zero attached hydrogens (tertiary/aromatic N) is 2. The molecular formula is C11H13F3N4O. The van der Waals surface area contributed by atoms with E-state index in [1.807, 2.05) is 0 Å². The van der Waals surface area contributed by atoms with E-state index in [-0.39, 0.29) is 18.5 Å². The Bertz CT molecular complexity index is 440. The van der Waals surface area contributed by atoms with E-state index in [0.717, 1.165) is 31.8 Å². The quantitative estimate of drug-likeness (QED) is 0.858. The minimum absolute atomic E-state index is 0.120. The number of amides is 1. The molecule has 0 unspecified atom stereocenters. The largest absolute Gasteiger partial charge is 0.451 e. The highest BCUT2D eigenvalue weighted by Gasteiger charge is 2.34. The van der Waals surface area contributed by atoms with E-state index < -0.39 is 12.0 Å². The lowest BCUT2D eigenvalue weighted by atomic mass is 10.2. The third-order valence-electron chi connectivity index (χ3n) is 2.80.